The molecule has 0 amide bonds. The molecular formula is C14H20N2. The predicted molar refractivity (Wildman–Crippen MR) is 67.3 cm³/mol. The zero-order valence-corrected chi connectivity index (χ0v) is 10.6. The van der Waals surface area contributed by atoms with E-state index < -0.39 is 0 Å². The Kier molecular flexibility index (Phi) is 4.52. The number of nitrogens with zero attached hydrogens (tertiary/aromatic N) is 2. The summed E-state index contributed by atoms with van der Waals surface area (Å²) in [5.74, 6) is 0.242. The van der Waals surface area contributed by atoms with Crippen LogP contribution in [0.3, 0.4) is 0 Å². The van der Waals surface area contributed by atoms with Gasteiger partial charge in [-0.2, -0.15) is 5.26 Å². The summed E-state index contributed by atoms with van der Waals surface area (Å²) in [6.07, 6.45) is 1.06. The average molecular weight is 216 g/mol. The van der Waals surface area contributed by atoms with Crippen molar-refractivity contribution in [2.75, 3.05) is 14.1 Å². The van der Waals surface area contributed by atoms with Crippen molar-refractivity contribution in [3.8, 4) is 6.07 Å². The van der Waals surface area contributed by atoms with Gasteiger partial charge in [0, 0.05) is 5.92 Å². The topological polar surface area (TPSA) is 27.0 Å². The molecule has 0 fully saturated rings. The fourth-order valence-corrected chi connectivity index (χ4v) is 1.91. The summed E-state index contributed by atoms with van der Waals surface area (Å²) in [5.41, 5.74) is 2.58. The van der Waals surface area contributed by atoms with E-state index in [-0.39, 0.29) is 12.0 Å². The summed E-state index contributed by atoms with van der Waals surface area (Å²) < 4.78 is 0. The second-order valence-corrected chi connectivity index (χ2v) is 4.42. The van der Waals surface area contributed by atoms with Crippen molar-refractivity contribution in [2.45, 2.75) is 32.2 Å². The van der Waals surface area contributed by atoms with Crippen molar-refractivity contribution in [2.24, 2.45) is 0 Å². The normalized spacial score (nSPS) is 14.5. The fraction of sp³-hybridized carbons (Fsp3) is 0.500. The Labute approximate surface area is 98.5 Å². The minimum atomic E-state index is -0.0625. The van der Waals surface area contributed by atoms with E-state index in [0.29, 0.717) is 0 Å². The summed E-state index contributed by atoms with van der Waals surface area (Å²) in [7, 11) is 3.90. The maximum absolute atomic E-state index is 9.14. The van der Waals surface area contributed by atoms with Gasteiger partial charge >= 0.3 is 0 Å². The molecule has 0 saturated carbocycles. The highest BCUT2D eigenvalue weighted by Gasteiger charge is 2.20. The van der Waals surface area contributed by atoms with Crippen LogP contribution in [0, 0.1) is 11.3 Å². The quantitative estimate of drug-likeness (QED) is 0.774. The lowest BCUT2D eigenvalue weighted by atomic mass is 9.92. The number of aryl methyl sites for hydroxylation is 1. The van der Waals surface area contributed by atoms with Crippen LogP contribution in [0.5, 0.6) is 0 Å². The summed E-state index contributed by atoms with van der Waals surface area (Å²) in [6, 6.07) is 10.9. The predicted octanol–water partition coefficient (Wildman–Crippen LogP) is 2.81. The first-order valence-electron chi connectivity index (χ1n) is 5.75. The van der Waals surface area contributed by atoms with E-state index in [1.165, 1.54) is 11.1 Å². The lowest BCUT2D eigenvalue weighted by molar-refractivity contribution is 0.316. The summed E-state index contributed by atoms with van der Waals surface area (Å²) in [5, 5.41) is 9.14. The first kappa shape index (κ1) is 12.7. The van der Waals surface area contributed by atoms with Crippen LogP contribution in [-0.2, 0) is 6.42 Å². The SMILES string of the molecule is CCc1ccc(C(C)C(C#N)N(C)C)cc1. The molecule has 16 heavy (non-hydrogen) atoms. The molecule has 1 rings (SSSR count). The van der Waals surface area contributed by atoms with Crippen molar-refractivity contribution in [3.63, 3.8) is 0 Å². The van der Waals surface area contributed by atoms with E-state index in [1.807, 2.05) is 19.0 Å². The first-order valence-corrected chi connectivity index (χ1v) is 5.75. The molecule has 2 heteroatoms. The van der Waals surface area contributed by atoms with Crippen LogP contribution in [0.15, 0.2) is 24.3 Å². The lowest BCUT2D eigenvalue weighted by Crippen LogP contribution is -2.31. The molecule has 0 aliphatic heterocycles. The first-order chi connectivity index (χ1) is 7.60. The molecule has 0 radical (unpaired) electrons. The van der Waals surface area contributed by atoms with E-state index in [9.17, 15) is 0 Å². The summed E-state index contributed by atoms with van der Waals surface area (Å²) in [4.78, 5) is 1.97. The van der Waals surface area contributed by atoms with Gasteiger partial charge < -0.3 is 0 Å². The van der Waals surface area contributed by atoms with Crippen LogP contribution in [-0.4, -0.2) is 25.0 Å². The molecule has 0 aliphatic carbocycles. The Morgan fingerprint density at radius 2 is 1.81 bits per heavy atom. The maximum Gasteiger partial charge on any atom is 0.104 e. The molecule has 0 spiro atoms. The molecule has 0 aliphatic rings. The zero-order chi connectivity index (χ0) is 12.1. The van der Waals surface area contributed by atoms with Gasteiger partial charge in [0.25, 0.3) is 0 Å². The van der Waals surface area contributed by atoms with Crippen molar-refractivity contribution < 1.29 is 0 Å². The van der Waals surface area contributed by atoms with E-state index in [4.69, 9.17) is 5.26 Å². The van der Waals surface area contributed by atoms with Crippen LogP contribution in [0.4, 0.5) is 0 Å². The third-order valence-corrected chi connectivity index (χ3v) is 3.08. The van der Waals surface area contributed by atoms with Gasteiger partial charge in [0.1, 0.15) is 6.04 Å². The van der Waals surface area contributed by atoms with Crippen molar-refractivity contribution in [1.29, 1.82) is 5.26 Å². The monoisotopic (exact) mass is 216 g/mol. The van der Waals surface area contributed by atoms with Crippen LogP contribution in [0.2, 0.25) is 0 Å². The molecule has 0 aromatic heterocycles. The zero-order valence-electron chi connectivity index (χ0n) is 10.6. The van der Waals surface area contributed by atoms with Gasteiger partial charge in [0.2, 0.25) is 0 Å². The molecule has 2 nitrogen and oxygen atoms in total. The van der Waals surface area contributed by atoms with Gasteiger partial charge in [-0.15, -0.1) is 0 Å². The number of benzene rings is 1. The molecule has 2 atom stereocenters. The van der Waals surface area contributed by atoms with E-state index in [0.717, 1.165) is 6.42 Å². The molecule has 0 saturated heterocycles. The van der Waals surface area contributed by atoms with E-state index >= 15 is 0 Å². The van der Waals surface area contributed by atoms with E-state index in [2.05, 4.69) is 44.2 Å². The fourth-order valence-electron chi connectivity index (χ4n) is 1.91. The second kappa shape index (κ2) is 5.67. The molecule has 0 bridgehead atoms. The minimum absolute atomic E-state index is 0.0625. The Balaban J connectivity index is 2.87. The molecular weight excluding hydrogens is 196 g/mol. The largest absolute Gasteiger partial charge is 0.294 e. The van der Waals surface area contributed by atoms with Gasteiger partial charge in [0.15, 0.2) is 0 Å². The highest BCUT2D eigenvalue weighted by atomic mass is 15.1. The Morgan fingerprint density at radius 3 is 2.19 bits per heavy atom. The smallest absolute Gasteiger partial charge is 0.104 e. The number of rotatable bonds is 4. The number of nitriles is 1. The Bertz CT molecular complexity index is 359. The standard InChI is InChI=1S/C14H20N2/c1-5-12-6-8-13(9-7-12)11(2)14(10-15)16(3)4/h6-9,11,14H,5H2,1-4H3. The van der Waals surface area contributed by atoms with Crippen molar-refractivity contribution in [1.82, 2.24) is 4.90 Å². The summed E-state index contributed by atoms with van der Waals surface area (Å²) in [6.45, 7) is 4.26. The van der Waals surface area contributed by atoms with Gasteiger partial charge in [0.05, 0.1) is 6.07 Å². The van der Waals surface area contributed by atoms with Gasteiger partial charge in [-0.3, -0.25) is 4.90 Å². The maximum atomic E-state index is 9.14. The lowest BCUT2D eigenvalue weighted by Gasteiger charge is -2.24. The number of hydrogen-bond donors (Lipinski definition) is 0. The van der Waals surface area contributed by atoms with Gasteiger partial charge in [-0.05, 0) is 31.6 Å². The summed E-state index contributed by atoms with van der Waals surface area (Å²) >= 11 is 0. The van der Waals surface area contributed by atoms with E-state index in [1.54, 1.807) is 0 Å². The molecule has 1 aromatic carbocycles. The third kappa shape index (κ3) is 2.84. The van der Waals surface area contributed by atoms with Crippen LogP contribution >= 0.6 is 0 Å². The molecule has 86 valence electrons. The van der Waals surface area contributed by atoms with Crippen LogP contribution < -0.4 is 0 Å². The molecule has 0 heterocycles. The number of hydrogen-bond acceptors (Lipinski definition) is 2. The second-order valence-electron chi connectivity index (χ2n) is 4.42. The Hall–Kier alpha value is -1.33. The van der Waals surface area contributed by atoms with Crippen LogP contribution in [0.25, 0.3) is 0 Å². The highest BCUT2D eigenvalue weighted by molar-refractivity contribution is 5.27. The Morgan fingerprint density at radius 1 is 1.25 bits per heavy atom. The highest BCUT2D eigenvalue weighted by Crippen LogP contribution is 2.22. The van der Waals surface area contributed by atoms with Gasteiger partial charge in [-0.1, -0.05) is 38.1 Å². The van der Waals surface area contributed by atoms with Crippen LogP contribution in [0.1, 0.15) is 30.9 Å². The van der Waals surface area contributed by atoms with Crippen molar-refractivity contribution >= 4 is 0 Å². The molecule has 2 unspecified atom stereocenters. The van der Waals surface area contributed by atoms with Gasteiger partial charge in [-0.25, -0.2) is 0 Å². The molecule has 1 aromatic rings. The minimum Gasteiger partial charge on any atom is -0.294 e. The number of likely N-dealkylation sites (N-methyl/N-ethyl adjacent to an activating group) is 1. The van der Waals surface area contributed by atoms with Crippen molar-refractivity contribution in [3.05, 3.63) is 35.4 Å². The molecule has 0 N–H and O–H groups in total. The third-order valence-electron chi connectivity index (χ3n) is 3.08. The average Bonchev–Trinajstić information content (AvgIpc) is 2.29.